The van der Waals surface area contributed by atoms with Gasteiger partial charge in [-0.3, -0.25) is 0 Å². The van der Waals surface area contributed by atoms with E-state index in [4.69, 9.17) is 4.74 Å². The molecular formula is C33H45FN2O. The SMILES string of the molecule is CCCCCCCCC(F)COc1ccc(-c2cnc(-c3ccc(CCCCCCC)cc3)nc2)cc1. The van der Waals surface area contributed by atoms with Crippen molar-refractivity contribution in [2.75, 3.05) is 6.61 Å². The summed E-state index contributed by atoms with van der Waals surface area (Å²) in [4.78, 5) is 9.19. The first-order valence-electron chi connectivity index (χ1n) is 14.5. The molecule has 1 heterocycles. The number of halogens is 1. The van der Waals surface area contributed by atoms with Gasteiger partial charge in [0.15, 0.2) is 5.82 Å². The maximum absolute atomic E-state index is 14.2. The lowest BCUT2D eigenvalue weighted by atomic mass is 10.0. The minimum atomic E-state index is -0.911. The lowest BCUT2D eigenvalue weighted by Gasteiger charge is -2.11. The lowest BCUT2D eigenvalue weighted by molar-refractivity contribution is 0.184. The van der Waals surface area contributed by atoms with Crippen molar-refractivity contribution in [2.24, 2.45) is 0 Å². The second-order valence-electron chi connectivity index (χ2n) is 10.1. The van der Waals surface area contributed by atoms with Crippen LogP contribution in [0.25, 0.3) is 22.5 Å². The Bertz CT molecular complexity index is 986. The van der Waals surface area contributed by atoms with Crippen LogP contribution >= 0.6 is 0 Å². The molecule has 0 amide bonds. The van der Waals surface area contributed by atoms with Crippen LogP contribution < -0.4 is 4.74 Å². The van der Waals surface area contributed by atoms with Crippen LogP contribution in [0, 0.1) is 0 Å². The molecule has 3 rings (SSSR count). The number of rotatable bonds is 18. The quantitative estimate of drug-likeness (QED) is 0.162. The standard InChI is InChI=1S/C33H45FN2O/c1-3-5-7-9-11-13-15-31(34)26-37-32-22-20-28(21-23-32)30-24-35-33(36-25-30)29-18-16-27(17-19-29)14-12-10-8-6-4-2/h16-25,31H,3-15,26H2,1-2H3. The fraction of sp³-hybridized carbons (Fsp3) is 0.515. The number of hydrogen-bond acceptors (Lipinski definition) is 3. The molecule has 0 aliphatic carbocycles. The van der Waals surface area contributed by atoms with Crippen LogP contribution in [0.15, 0.2) is 60.9 Å². The van der Waals surface area contributed by atoms with Gasteiger partial charge in [0.2, 0.25) is 0 Å². The highest BCUT2D eigenvalue weighted by molar-refractivity contribution is 5.64. The first-order valence-corrected chi connectivity index (χ1v) is 14.5. The fourth-order valence-electron chi connectivity index (χ4n) is 4.54. The molecule has 0 saturated carbocycles. The molecule has 0 aliphatic heterocycles. The van der Waals surface area contributed by atoms with Gasteiger partial charge in [-0.25, -0.2) is 14.4 Å². The lowest BCUT2D eigenvalue weighted by Crippen LogP contribution is -2.12. The molecule has 0 bridgehead atoms. The van der Waals surface area contributed by atoms with Crippen LogP contribution in [-0.4, -0.2) is 22.7 Å². The molecule has 1 unspecified atom stereocenters. The minimum absolute atomic E-state index is 0.115. The summed E-state index contributed by atoms with van der Waals surface area (Å²) in [5.41, 5.74) is 4.37. The number of unbranched alkanes of at least 4 members (excludes halogenated alkanes) is 9. The normalized spacial score (nSPS) is 12.0. The third-order valence-corrected chi connectivity index (χ3v) is 6.92. The molecule has 0 fully saturated rings. The summed E-state index contributed by atoms with van der Waals surface area (Å²) < 4.78 is 19.8. The van der Waals surface area contributed by atoms with Crippen molar-refractivity contribution in [3.05, 3.63) is 66.5 Å². The van der Waals surface area contributed by atoms with Crippen LogP contribution in [0.1, 0.15) is 96.5 Å². The van der Waals surface area contributed by atoms with Crippen molar-refractivity contribution in [3.63, 3.8) is 0 Å². The van der Waals surface area contributed by atoms with Gasteiger partial charge >= 0.3 is 0 Å². The smallest absolute Gasteiger partial charge is 0.159 e. The van der Waals surface area contributed by atoms with E-state index in [9.17, 15) is 4.39 Å². The van der Waals surface area contributed by atoms with Gasteiger partial charge in [0.05, 0.1) is 0 Å². The number of aromatic nitrogens is 2. The maximum atomic E-state index is 14.2. The third-order valence-electron chi connectivity index (χ3n) is 6.92. The molecule has 1 aromatic heterocycles. The number of ether oxygens (including phenoxy) is 1. The molecule has 37 heavy (non-hydrogen) atoms. The minimum Gasteiger partial charge on any atom is -0.491 e. The van der Waals surface area contributed by atoms with E-state index in [-0.39, 0.29) is 6.61 Å². The van der Waals surface area contributed by atoms with Crippen molar-refractivity contribution in [3.8, 4) is 28.3 Å². The second kappa shape index (κ2) is 16.9. The number of alkyl halides is 1. The van der Waals surface area contributed by atoms with E-state index in [0.29, 0.717) is 12.2 Å². The summed E-state index contributed by atoms with van der Waals surface area (Å²) in [6.07, 6.45) is 18.1. The summed E-state index contributed by atoms with van der Waals surface area (Å²) in [6.45, 7) is 4.58. The Balaban J connectivity index is 1.43. The summed E-state index contributed by atoms with van der Waals surface area (Å²) in [7, 11) is 0. The van der Waals surface area contributed by atoms with Crippen molar-refractivity contribution >= 4 is 0 Å². The van der Waals surface area contributed by atoms with Gasteiger partial charge in [-0.1, -0.05) is 114 Å². The molecule has 200 valence electrons. The Morgan fingerprint density at radius 1 is 0.649 bits per heavy atom. The number of nitrogens with zero attached hydrogens (tertiary/aromatic N) is 2. The largest absolute Gasteiger partial charge is 0.491 e. The second-order valence-corrected chi connectivity index (χ2v) is 10.1. The first kappa shape index (κ1) is 28.8. The monoisotopic (exact) mass is 504 g/mol. The van der Waals surface area contributed by atoms with E-state index in [0.717, 1.165) is 41.8 Å². The number of hydrogen-bond donors (Lipinski definition) is 0. The Hall–Kier alpha value is -2.75. The van der Waals surface area contributed by atoms with Gasteiger partial charge in [-0.2, -0.15) is 0 Å². The zero-order valence-electron chi connectivity index (χ0n) is 22.9. The highest BCUT2D eigenvalue weighted by Gasteiger charge is 2.08. The van der Waals surface area contributed by atoms with E-state index in [1.165, 1.54) is 63.4 Å². The van der Waals surface area contributed by atoms with Crippen molar-refractivity contribution in [1.29, 1.82) is 0 Å². The molecule has 3 nitrogen and oxygen atoms in total. The predicted molar refractivity (Wildman–Crippen MR) is 154 cm³/mol. The highest BCUT2D eigenvalue weighted by Crippen LogP contribution is 2.24. The number of aryl methyl sites for hydroxylation is 1. The van der Waals surface area contributed by atoms with Crippen LogP contribution in [0.5, 0.6) is 5.75 Å². The molecular weight excluding hydrogens is 459 g/mol. The van der Waals surface area contributed by atoms with Gasteiger partial charge in [-0.15, -0.1) is 0 Å². The van der Waals surface area contributed by atoms with Crippen molar-refractivity contribution < 1.29 is 9.13 Å². The Morgan fingerprint density at radius 3 is 1.86 bits per heavy atom. The first-order chi connectivity index (χ1) is 18.2. The summed E-state index contributed by atoms with van der Waals surface area (Å²) in [5.74, 6) is 1.43. The highest BCUT2D eigenvalue weighted by atomic mass is 19.1. The maximum Gasteiger partial charge on any atom is 0.159 e. The van der Waals surface area contributed by atoms with Crippen molar-refractivity contribution in [2.45, 2.75) is 103 Å². The van der Waals surface area contributed by atoms with E-state index in [2.05, 4.69) is 48.1 Å². The van der Waals surface area contributed by atoms with Crippen LogP contribution in [0.3, 0.4) is 0 Å². The van der Waals surface area contributed by atoms with Crippen LogP contribution in [-0.2, 0) is 6.42 Å². The zero-order chi connectivity index (χ0) is 26.1. The average Bonchev–Trinajstić information content (AvgIpc) is 2.94. The Kier molecular flexibility index (Phi) is 13.2. The van der Waals surface area contributed by atoms with E-state index < -0.39 is 6.17 Å². The molecule has 0 aliphatic rings. The van der Waals surface area contributed by atoms with E-state index in [1.807, 2.05) is 36.7 Å². The van der Waals surface area contributed by atoms with Gasteiger partial charge < -0.3 is 4.74 Å². The zero-order valence-corrected chi connectivity index (χ0v) is 22.9. The number of benzene rings is 2. The van der Waals surface area contributed by atoms with Crippen molar-refractivity contribution in [1.82, 2.24) is 9.97 Å². The van der Waals surface area contributed by atoms with E-state index >= 15 is 0 Å². The summed E-state index contributed by atoms with van der Waals surface area (Å²) in [6, 6.07) is 16.4. The Morgan fingerprint density at radius 2 is 1.22 bits per heavy atom. The van der Waals surface area contributed by atoms with Gasteiger partial charge in [0, 0.05) is 23.5 Å². The van der Waals surface area contributed by atoms with Gasteiger partial charge in [0.1, 0.15) is 18.5 Å². The average molecular weight is 505 g/mol. The molecule has 0 radical (unpaired) electrons. The van der Waals surface area contributed by atoms with Gasteiger partial charge in [0.25, 0.3) is 0 Å². The van der Waals surface area contributed by atoms with Crippen LogP contribution in [0.2, 0.25) is 0 Å². The summed E-state index contributed by atoms with van der Waals surface area (Å²) in [5, 5.41) is 0. The molecule has 0 spiro atoms. The van der Waals surface area contributed by atoms with E-state index in [1.54, 1.807) is 0 Å². The predicted octanol–water partition coefficient (Wildman–Crippen LogP) is 9.79. The van der Waals surface area contributed by atoms with Crippen LogP contribution in [0.4, 0.5) is 4.39 Å². The molecule has 3 aromatic rings. The van der Waals surface area contributed by atoms with Gasteiger partial charge in [-0.05, 0) is 42.5 Å². The fourth-order valence-corrected chi connectivity index (χ4v) is 4.54. The summed E-state index contributed by atoms with van der Waals surface area (Å²) >= 11 is 0. The third kappa shape index (κ3) is 10.6. The molecule has 1 atom stereocenters. The molecule has 0 N–H and O–H groups in total. The molecule has 2 aromatic carbocycles. The molecule has 4 heteroatoms. The Labute approximate surface area is 223 Å². The molecule has 0 saturated heterocycles. The topological polar surface area (TPSA) is 35.0 Å².